The van der Waals surface area contributed by atoms with Gasteiger partial charge in [0.05, 0.1) is 16.3 Å². The van der Waals surface area contributed by atoms with Crippen LogP contribution in [-0.2, 0) is 0 Å². The molecule has 0 radical (unpaired) electrons. The Labute approximate surface area is 135 Å². The van der Waals surface area contributed by atoms with E-state index >= 15 is 0 Å². The maximum absolute atomic E-state index is 13.8. The van der Waals surface area contributed by atoms with Gasteiger partial charge in [0.25, 0.3) is 5.91 Å². The predicted octanol–water partition coefficient (Wildman–Crippen LogP) is 3.02. The van der Waals surface area contributed by atoms with Crippen LogP contribution in [-0.4, -0.2) is 26.1 Å². The summed E-state index contributed by atoms with van der Waals surface area (Å²) in [5.41, 5.74) is 0.949. The summed E-state index contributed by atoms with van der Waals surface area (Å²) >= 11 is 5.89. The molecule has 0 aliphatic heterocycles. The molecule has 0 spiro atoms. The van der Waals surface area contributed by atoms with Crippen molar-refractivity contribution in [2.24, 2.45) is 0 Å². The number of amides is 1. The van der Waals surface area contributed by atoms with Gasteiger partial charge in [0.15, 0.2) is 5.82 Å². The van der Waals surface area contributed by atoms with Gasteiger partial charge in [0.2, 0.25) is 0 Å². The smallest absolute Gasteiger partial charge is 0.260 e. The number of rotatable bonds is 3. The fourth-order valence-electron chi connectivity index (χ4n) is 2.09. The topological polar surface area (TPSA) is 72.7 Å². The minimum Gasteiger partial charge on any atom is -0.322 e. The number of aromatic nitrogens is 4. The number of carbonyl (C=O) groups is 1. The van der Waals surface area contributed by atoms with Gasteiger partial charge in [-0.1, -0.05) is 23.7 Å². The number of halogens is 2. The second-order valence-electron chi connectivity index (χ2n) is 4.74. The molecule has 0 aliphatic rings. The number of carbonyl (C=O) groups excluding carboxylic acids is 1. The van der Waals surface area contributed by atoms with Crippen LogP contribution < -0.4 is 5.32 Å². The van der Waals surface area contributed by atoms with Gasteiger partial charge in [0, 0.05) is 5.69 Å². The molecule has 1 aromatic heterocycles. The first-order valence-corrected chi connectivity index (χ1v) is 7.05. The fraction of sp³-hybridized carbons (Fsp3) is 0.0667. The number of anilines is 1. The first-order valence-electron chi connectivity index (χ1n) is 6.67. The van der Waals surface area contributed by atoms with E-state index in [1.807, 2.05) is 0 Å². The average molecular weight is 332 g/mol. The molecular weight excluding hydrogens is 321 g/mol. The van der Waals surface area contributed by atoms with E-state index in [4.69, 9.17) is 11.6 Å². The van der Waals surface area contributed by atoms with Crippen LogP contribution >= 0.6 is 11.6 Å². The molecule has 1 N–H and O–H groups in total. The third-order valence-corrected chi connectivity index (χ3v) is 3.48. The minimum atomic E-state index is -0.678. The Kier molecular flexibility index (Phi) is 4.03. The molecule has 0 unspecified atom stereocenters. The van der Waals surface area contributed by atoms with Crippen LogP contribution in [0.2, 0.25) is 5.02 Å². The molecule has 3 aromatic rings. The zero-order valence-electron chi connectivity index (χ0n) is 12.0. The molecule has 23 heavy (non-hydrogen) atoms. The van der Waals surface area contributed by atoms with Crippen molar-refractivity contribution < 1.29 is 9.18 Å². The summed E-state index contributed by atoms with van der Waals surface area (Å²) in [4.78, 5) is 12.2. The van der Waals surface area contributed by atoms with E-state index in [1.165, 1.54) is 22.9 Å². The molecule has 6 nitrogen and oxygen atoms in total. The van der Waals surface area contributed by atoms with E-state index in [0.29, 0.717) is 17.2 Å². The second-order valence-corrected chi connectivity index (χ2v) is 5.15. The van der Waals surface area contributed by atoms with E-state index < -0.39 is 11.7 Å². The summed E-state index contributed by atoms with van der Waals surface area (Å²) in [6.07, 6.45) is 0. The molecule has 1 heterocycles. The Morgan fingerprint density at radius 2 is 2.04 bits per heavy atom. The molecule has 116 valence electrons. The first-order chi connectivity index (χ1) is 11.1. The molecule has 0 atom stereocenters. The molecule has 8 heteroatoms. The lowest BCUT2D eigenvalue weighted by Gasteiger charge is -2.09. The number of hydrogen-bond donors (Lipinski definition) is 1. The summed E-state index contributed by atoms with van der Waals surface area (Å²) in [5, 5.41) is 13.9. The van der Waals surface area contributed by atoms with E-state index in [-0.39, 0.29) is 10.6 Å². The van der Waals surface area contributed by atoms with Gasteiger partial charge in [0.1, 0.15) is 5.82 Å². The van der Waals surface area contributed by atoms with Crippen LogP contribution in [0.4, 0.5) is 10.1 Å². The molecule has 2 aromatic carbocycles. The minimum absolute atomic E-state index is 0.0509. The highest BCUT2D eigenvalue weighted by molar-refractivity contribution is 6.34. The molecule has 3 rings (SSSR count). The Bertz CT molecular complexity index is 860. The number of nitrogens with one attached hydrogen (secondary N) is 1. The Morgan fingerprint density at radius 3 is 2.74 bits per heavy atom. The maximum atomic E-state index is 13.8. The zero-order chi connectivity index (χ0) is 16.4. The van der Waals surface area contributed by atoms with Crippen LogP contribution in [0.3, 0.4) is 0 Å². The van der Waals surface area contributed by atoms with Gasteiger partial charge in [-0.3, -0.25) is 4.79 Å². The summed E-state index contributed by atoms with van der Waals surface area (Å²) < 4.78 is 15.3. The van der Waals surface area contributed by atoms with Crippen molar-refractivity contribution in [3.8, 4) is 5.69 Å². The van der Waals surface area contributed by atoms with E-state index in [2.05, 4.69) is 20.8 Å². The maximum Gasteiger partial charge on any atom is 0.260 e. The van der Waals surface area contributed by atoms with E-state index in [9.17, 15) is 9.18 Å². The highest BCUT2D eigenvalue weighted by Crippen LogP contribution is 2.21. The lowest BCUT2D eigenvalue weighted by molar-refractivity contribution is 0.102. The van der Waals surface area contributed by atoms with Crippen LogP contribution in [0.15, 0.2) is 42.5 Å². The lowest BCUT2D eigenvalue weighted by atomic mass is 10.2. The van der Waals surface area contributed by atoms with Gasteiger partial charge < -0.3 is 5.32 Å². The molecule has 0 aliphatic carbocycles. The molecule has 0 bridgehead atoms. The molecule has 0 saturated carbocycles. The van der Waals surface area contributed by atoms with Crippen molar-refractivity contribution in [2.75, 3.05) is 5.32 Å². The van der Waals surface area contributed by atoms with Crippen molar-refractivity contribution in [3.63, 3.8) is 0 Å². The standard InChI is InChI=1S/C15H11ClFN5O/c1-9-19-20-21-22(9)11-5-2-4-10(8-11)18-15(23)14-12(16)6-3-7-13(14)17/h2-8H,1H3,(H,18,23). The summed E-state index contributed by atoms with van der Waals surface area (Å²) in [6.45, 7) is 1.75. The van der Waals surface area contributed by atoms with Crippen LogP contribution in [0.1, 0.15) is 16.2 Å². The van der Waals surface area contributed by atoms with Crippen molar-refractivity contribution >= 4 is 23.2 Å². The normalized spacial score (nSPS) is 10.6. The van der Waals surface area contributed by atoms with Crippen molar-refractivity contribution in [1.29, 1.82) is 0 Å². The van der Waals surface area contributed by atoms with Crippen LogP contribution in [0, 0.1) is 12.7 Å². The van der Waals surface area contributed by atoms with Crippen molar-refractivity contribution in [2.45, 2.75) is 6.92 Å². The van der Waals surface area contributed by atoms with Gasteiger partial charge in [-0.2, -0.15) is 4.68 Å². The van der Waals surface area contributed by atoms with Crippen LogP contribution in [0.5, 0.6) is 0 Å². The summed E-state index contributed by atoms with van der Waals surface area (Å²) in [6, 6.07) is 11.0. The highest BCUT2D eigenvalue weighted by Gasteiger charge is 2.16. The number of tetrazole rings is 1. The largest absolute Gasteiger partial charge is 0.322 e. The molecule has 0 fully saturated rings. The monoisotopic (exact) mass is 331 g/mol. The quantitative estimate of drug-likeness (QED) is 0.800. The number of benzene rings is 2. The Hall–Kier alpha value is -2.80. The number of hydrogen-bond acceptors (Lipinski definition) is 4. The third-order valence-electron chi connectivity index (χ3n) is 3.16. The summed E-state index contributed by atoms with van der Waals surface area (Å²) in [7, 11) is 0. The predicted molar refractivity (Wildman–Crippen MR) is 83.3 cm³/mol. The van der Waals surface area contributed by atoms with Gasteiger partial charge in [-0.05, 0) is 47.7 Å². The fourth-order valence-corrected chi connectivity index (χ4v) is 2.34. The molecule has 0 saturated heterocycles. The van der Waals surface area contributed by atoms with E-state index in [1.54, 1.807) is 31.2 Å². The van der Waals surface area contributed by atoms with Gasteiger partial charge in [-0.25, -0.2) is 4.39 Å². The zero-order valence-corrected chi connectivity index (χ0v) is 12.8. The number of nitrogens with zero attached hydrogens (tertiary/aromatic N) is 4. The Balaban J connectivity index is 1.89. The van der Waals surface area contributed by atoms with Gasteiger partial charge in [-0.15, -0.1) is 5.10 Å². The number of aryl methyl sites for hydroxylation is 1. The van der Waals surface area contributed by atoms with E-state index in [0.717, 1.165) is 0 Å². The molecular formula is C15H11ClFN5O. The lowest BCUT2D eigenvalue weighted by Crippen LogP contribution is -2.14. The highest BCUT2D eigenvalue weighted by atomic mass is 35.5. The van der Waals surface area contributed by atoms with Crippen molar-refractivity contribution in [3.05, 3.63) is 64.7 Å². The SMILES string of the molecule is Cc1nnnn1-c1cccc(NC(=O)c2c(F)cccc2Cl)c1. The second kappa shape index (κ2) is 6.13. The third kappa shape index (κ3) is 3.04. The van der Waals surface area contributed by atoms with Crippen LogP contribution in [0.25, 0.3) is 5.69 Å². The van der Waals surface area contributed by atoms with Gasteiger partial charge >= 0.3 is 0 Å². The van der Waals surface area contributed by atoms with Crippen molar-refractivity contribution in [1.82, 2.24) is 20.2 Å². The first kappa shape index (κ1) is 15.1. The Morgan fingerprint density at radius 1 is 1.26 bits per heavy atom. The summed E-state index contributed by atoms with van der Waals surface area (Å²) in [5.74, 6) is -0.702. The molecule has 1 amide bonds. The average Bonchev–Trinajstić information content (AvgIpc) is 2.93.